The first kappa shape index (κ1) is 37.6. The summed E-state index contributed by atoms with van der Waals surface area (Å²) >= 11 is 3.03. The van der Waals surface area contributed by atoms with Crippen LogP contribution < -0.4 is 5.32 Å². The Bertz CT molecular complexity index is 1400. The van der Waals surface area contributed by atoms with Crippen LogP contribution in [0.5, 0.6) is 0 Å². The van der Waals surface area contributed by atoms with Crippen molar-refractivity contribution in [2.24, 2.45) is 0 Å². The second-order valence-electron chi connectivity index (χ2n) is 8.67. The van der Waals surface area contributed by atoms with Crippen molar-refractivity contribution in [1.29, 1.82) is 0 Å². The molecular formula is C32H40N5O2S2Y-. The van der Waals surface area contributed by atoms with Gasteiger partial charge in [0.05, 0.1) is 17.4 Å². The van der Waals surface area contributed by atoms with Crippen molar-refractivity contribution in [3.63, 3.8) is 0 Å². The topological polar surface area (TPSA) is 115 Å². The maximum Gasteiger partial charge on any atom is 0.151 e. The van der Waals surface area contributed by atoms with Crippen molar-refractivity contribution in [1.82, 2.24) is 20.3 Å². The van der Waals surface area contributed by atoms with Crippen LogP contribution in [-0.2, 0) is 39.1 Å². The average Bonchev–Trinajstić information content (AvgIpc) is 3.71. The van der Waals surface area contributed by atoms with E-state index in [1.165, 1.54) is 53.1 Å². The predicted octanol–water partition coefficient (Wildman–Crippen LogP) is 8.21. The number of unbranched alkanes of at least 4 members (excludes halogenated alkanes) is 2. The van der Waals surface area contributed by atoms with Gasteiger partial charge in [-0.3, -0.25) is 9.78 Å². The van der Waals surface area contributed by atoms with E-state index in [0.717, 1.165) is 54.1 Å². The second kappa shape index (κ2) is 23.1. The molecular weight excluding hydrogens is 639 g/mol. The van der Waals surface area contributed by atoms with E-state index >= 15 is 0 Å². The molecule has 0 spiro atoms. The Kier molecular flexibility index (Phi) is 20.7. The Morgan fingerprint density at radius 2 is 1.74 bits per heavy atom. The fourth-order valence-corrected chi connectivity index (χ4v) is 4.97. The summed E-state index contributed by atoms with van der Waals surface area (Å²) in [7, 11) is 3.00. The number of hydrogen-bond donors (Lipinski definition) is 3. The number of aliphatic hydroxyl groups is 1. The van der Waals surface area contributed by atoms with Gasteiger partial charge in [0, 0.05) is 68.5 Å². The number of thioether (sulfide) groups is 1. The van der Waals surface area contributed by atoms with Crippen molar-refractivity contribution < 1.29 is 42.6 Å². The van der Waals surface area contributed by atoms with Crippen LogP contribution in [0.15, 0.2) is 89.5 Å². The fraction of sp³-hybridized carbons (Fsp3) is 0.281. The van der Waals surface area contributed by atoms with Gasteiger partial charge in [-0.25, -0.2) is 4.98 Å². The molecule has 0 unspecified atom stereocenters. The van der Waals surface area contributed by atoms with E-state index in [9.17, 15) is 4.79 Å². The molecule has 221 valence electrons. The van der Waals surface area contributed by atoms with E-state index in [4.69, 9.17) is 10.8 Å². The molecule has 10 heteroatoms. The molecule has 4 N–H and O–H groups in total. The predicted molar refractivity (Wildman–Crippen MR) is 175 cm³/mol. The number of nitrogens with one attached hydrogen (secondary N) is 3. The SMILES string of the molecule is CCSc1ccccc1C=O.CNCCCCCc1ncc(-c2ccc3ccccc3c2)[nH]1.CO.[NH-]c1cncs1.[Y]. The molecule has 5 aromatic rings. The number of benzene rings is 3. The standard InChI is InChI=1S/C19H23N3.C9H10OS.C3H3N2S.CH4O.Y/c1-20-12-6-2-3-9-19-21-14-18(22-19)17-11-10-15-7-4-5-8-16(15)13-17;1-2-11-9-6-4-3-5-8(9)7-10;4-3-1-5-2-6-3;1-2;/h4-5,7-8,10-11,13-14,20H,2-3,6,9,12H2,1H3,(H,21,22);3-7H,2H2,1H3;1-2,4H;2H,1H3;/q;;-1;;. The maximum atomic E-state index is 10.5. The van der Waals surface area contributed by atoms with Crippen LogP contribution in [-0.4, -0.2) is 52.8 Å². The van der Waals surface area contributed by atoms with E-state index in [-0.39, 0.29) is 32.7 Å². The van der Waals surface area contributed by atoms with E-state index in [0.29, 0.717) is 5.00 Å². The number of carbonyl (C=O) groups is 1. The third-order valence-corrected chi connectivity index (χ3v) is 7.37. The molecule has 0 saturated heterocycles. The largest absolute Gasteiger partial charge is 0.689 e. The number of fused-ring (bicyclic) bond motifs is 1. The minimum absolute atomic E-state index is 0. The van der Waals surface area contributed by atoms with Crippen molar-refractivity contribution in [3.8, 4) is 11.3 Å². The number of hydrogen-bond acceptors (Lipinski definition) is 7. The normalized spacial score (nSPS) is 9.71. The van der Waals surface area contributed by atoms with Crippen molar-refractivity contribution >= 4 is 45.2 Å². The Balaban J connectivity index is 0.000000367. The molecule has 0 bridgehead atoms. The zero-order chi connectivity index (χ0) is 29.7. The quantitative estimate of drug-likeness (QED) is 0.0779. The monoisotopic (exact) mass is 679 g/mol. The number of imidazole rings is 1. The van der Waals surface area contributed by atoms with Crippen LogP contribution >= 0.6 is 23.1 Å². The van der Waals surface area contributed by atoms with Crippen LogP contribution in [0.1, 0.15) is 42.4 Å². The number of aromatic nitrogens is 3. The number of aromatic amines is 1. The van der Waals surface area contributed by atoms with Crippen molar-refractivity contribution in [3.05, 3.63) is 102 Å². The summed E-state index contributed by atoms with van der Waals surface area (Å²) < 4.78 is 0. The van der Waals surface area contributed by atoms with Gasteiger partial charge in [0.1, 0.15) is 5.82 Å². The van der Waals surface area contributed by atoms with Crippen LogP contribution in [0.25, 0.3) is 27.8 Å². The van der Waals surface area contributed by atoms with Crippen LogP contribution in [0.2, 0.25) is 0 Å². The zero-order valence-corrected chi connectivity index (χ0v) is 29.0. The van der Waals surface area contributed by atoms with E-state index in [1.807, 2.05) is 37.5 Å². The van der Waals surface area contributed by atoms with Gasteiger partial charge >= 0.3 is 0 Å². The van der Waals surface area contributed by atoms with Crippen molar-refractivity contribution in [2.45, 2.75) is 37.5 Å². The molecule has 3 aromatic carbocycles. The van der Waals surface area contributed by atoms with Gasteiger partial charge in [0.25, 0.3) is 0 Å². The summed E-state index contributed by atoms with van der Waals surface area (Å²) in [4.78, 5) is 23.2. The van der Waals surface area contributed by atoms with Gasteiger partial charge in [-0.05, 0) is 55.1 Å². The van der Waals surface area contributed by atoms with E-state index in [1.54, 1.807) is 17.3 Å². The van der Waals surface area contributed by atoms with Crippen LogP contribution in [0.3, 0.4) is 0 Å². The molecule has 0 saturated carbocycles. The first-order valence-electron chi connectivity index (χ1n) is 13.5. The first-order valence-corrected chi connectivity index (χ1v) is 15.4. The summed E-state index contributed by atoms with van der Waals surface area (Å²) in [6.07, 6.45) is 9.06. The number of carbonyl (C=O) groups excluding carboxylic acids is 1. The maximum absolute atomic E-state index is 10.5. The number of thiazole rings is 1. The molecule has 0 atom stereocenters. The summed E-state index contributed by atoms with van der Waals surface area (Å²) in [5.74, 6) is 2.10. The van der Waals surface area contributed by atoms with Gasteiger partial charge < -0.3 is 21.1 Å². The minimum atomic E-state index is 0. The molecule has 0 aliphatic carbocycles. The number of aldehydes is 1. The Hall–Kier alpha value is -2.40. The number of nitrogens with zero attached hydrogens (tertiary/aromatic N) is 2. The molecule has 5 rings (SSSR count). The first-order chi connectivity index (χ1) is 20.1. The summed E-state index contributed by atoms with van der Waals surface area (Å²) in [6.45, 7) is 3.17. The number of rotatable bonds is 10. The Morgan fingerprint density at radius 3 is 2.38 bits per heavy atom. The molecule has 0 aliphatic heterocycles. The van der Waals surface area contributed by atoms with Crippen LogP contribution in [0.4, 0.5) is 5.00 Å². The van der Waals surface area contributed by atoms with E-state index in [2.05, 4.69) is 69.7 Å². The van der Waals surface area contributed by atoms with Crippen LogP contribution in [0, 0.1) is 0 Å². The van der Waals surface area contributed by atoms with E-state index < -0.39 is 0 Å². The molecule has 0 amide bonds. The molecule has 2 heterocycles. The third kappa shape index (κ3) is 13.7. The fourth-order valence-electron chi connectivity index (χ4n) is 3.84. The zero-order valence-electron chi connectivity index (χ0n) is 24.5. The number of H-pyrrole nitrogens is 1. The molecule has 1 radical (unpaired) electrons. The van der Waals surface area contributed by atoms with Gasteiger partial charge in [-0.2, -0.15) is 0 Å². The second-order valence-corrected chi connectivity index (χ2v) is 10.9. The summed E-state index contributed by atoms with van der Waals surface area (Å²) in [5.41, 5.74) is 11.6. The number of aliphatic hydroxyl groups excluding tert-OH is 1. The molecule has 7 nitrogen and oxygen atoms in total. The third-order valence-electron chi connectivity index (χ3n) is 5.81. The number of aryl methyl sites for hydroxylation is 1. The minimum Gasteiger partial charge on any atom is -0.689 e. The summed E-state index contributed by atoms with van der Waals surface area (Å²) in [5, 5.41) is 13.2. The smallest absolute Gasteiger partial charge is 0.151 e. The Labute approximate surface area is 283 Å². The Morgan fingerprint density at radius 1 is 1.00 bits per heavy atom. The summed E-state index contributed by atoms with van der Waals surface area (Å²) in [6, 6.07) is 22.6. The van der Waals surface area contributed by atoms with Gasteiger partial charge in [-0.1, -0.05) is 72.9 Å². The van der Waals surface area contributed by atoms with Gasteiger partial charge in [-0.15, -0.1) is 23.1 Å². The molecule has 42 heavy (non-hydrogen) atoms. The molecule has 0 aliphatic rings. The van der Waals surface area contributed by atoms with Crippen molar-refractivity contribution in [2.75, 3.05) is 26.5 Å². The average molecular weight is 680 g/mol. The van der Waals surface area contributed by atoms with Gasteiger partial charge in [0.15, 0.2) is 6.29 Å². The van der Waals surface area contributed by atoms with Gasteiger partial charge in [0.2, 0.25) is 0 Å². The molecule has 0 fully saturated rings. The molecule has 2 aromatic heterocycles.